The highest BCUT2D eigenvalue weighted by molar-refractivity contribution is 7.46. The second kappa shape index (κ2) is 13.5. The van der Waals surface area contributed by atoms with Gasteiger partial charge < -0.3 is 15.1 Å². The van der Waals surface area contributed by atoms with Crippen LogP contribution in [0.1, 0.15) is 70.9 Å². The molecule has 1 unspecified atom stereocenters. The Morgan fingerprint density at radius 2 is 1.69 bits per heavy atom. The molecule has 0 saturated carbocycles. The van der Waals surface area contributed by atoms with Crippen LogP contribution in [0.15, 0.2) is 42.5 Å². The molecule has 0 fully saturated rings. The van der Waals surface area contributed by atoms with Crippen LogP contribution in [-0.2, 0) is 13.9 Å². The molecule has 6 nitrogen and oxygen atoms in total. The Morgan fingerprint density at radius 1 is 1.03 bits per heavy atom. The second-order valence-electron chi connectivity index (χ2n) is 6.68. The Hall–Kier alpha value is -1.72. The zero-order chi connectivity index (χ0) is 21.7. The van der Waals surface area contributed by atoms with Gasteiger partial charge in [0.2, 0.25) is 5.91 Å². The van der Waals surface area contributed by atoms with Gasteiger partial charge in [-0.1, -0.05) is 82.9 Å². The molecule has 2 aromatic carbocycles. The third kappa shape index (κ3) is 10.0. The van der Waals surface area contributed by atoms with E-state index in [2.05, 4.69) is 16.8 Å². The fraction of sp³-hybridized carbons (Fsp3) is 0.500. The summed E-state index contributed by atoms with van der Waals surface area (Å²) in [4.78, 5) is 30.3. The van der Waals surface area contributed by atoms with E-state index in [1.54, 1.807) is 0 Å². The first kappa shape index (κ1) is 25.3. The van der Waals surface area contributed by atoms with Crippen molar-refractivity contribution in [2.24, 2.45) is 0 Å². The molecule has 3 N–H and O–H groups in total. The van der Waals surface area contributed by atoms with Crippen molar-refractivity contribution in [2.75, 3.05) is 6.61 Å². The molecule has 0 aromatic heterocycles. The first-order chi connectivity index (χ1) is 13.9. The summed E-state index contributed by atoms with van der Waals surface area (Å²) in [5, 5.41) is 4.90. The van der Waals surface area contributed by atoms with Crippen LogP contribution in [0, 0.1) is 0 Å². The van der Waals surface area contributed by atoms with Gasteiger partial charge in [-0.15, -0.1) is 0 Å². The molecule has 0 aliphatic carbocycles. The van der Waals surface area contributed by atoms with E-state index in [1.807, 2.05) is 56.3 Å². The zero-order valence-corrected chi connectivity index (χ0v) is 18.5. The summed E-state index contributed by atoms with van der Waals surface area (Å²) in [5.74, 6) is -0.140. The maximum atomic E-state index is 12.3. The van der Waals surface area contributed by atoms with Gasteiger partial charge in [0.25, 0.3) is 0 Å². The summed E-state index contributed by atoms with van der Waals surface area (Å²) in [6.07, 6.45) is 5.62. The highest BCUT2D eigenvalue weighted by Gasteiger charge is 2.21. The monoisotopic (exact) mass is 423 g/mol. The average Bonchev–Trinajstić information content (AvgIpc) is 2.71. The predicted octanol–water partition coefficient (Wildman–Crippen LogP) is 5.49. The highest BCUT2D eigenvalue weighted by atomic mass is 31.2. The van der Waals surface area contributed by atoms with Crippen LogP contribution in [-0.4, -0.2) is 22.3 Å². The van der Waals surface area contributed by atoms with Gasteiger partial charge in [0.05, 0.1) is 12.6 Å². The number of nitrogens with one attached hydrogen (secondary N) is 1. The summed E-state index contributed by atoms with van der Waals surface area (Å²) in [7, 11) is -4.62. The lowest BCUT2D eigenvalue weighted by Crippen LogP contribution is -2.31. The van der Waals surface area contributed by atoms with Crippen LogP contribution in [0.4, 0.5) is 0 Å². The topological polar surface area (TPSA) is 95.9 Å². The smallest absolute Gasteiger partial charge is 0.347 e. The van der Waals surface area contributed by atoms with Gasteiger partial charge >= 0.3 is 7.82 Å². The lowest BCUT2D eigenvalue weighted by atomic mass is 10.0. The normalized spacial score (nSPS) is 12.2. The molecule has 2 rings (SSSR count). The number of fused-ring (bicyclic) bond motifs is 1. The fourth-order valence-electron chi connectivity index (χ4n) is 2.97. The average molecular weight is 423 g/mol. The highest BCUT2D eigenvalue weighted by Crippen LogP contribution is 2.37. The largest absolute Gasteiger partial charge is 0.469 e. The van der Waals surface area contributed by atoms with E-state index in [-0.39, 0.29) is 12.5 Å². The van der Waals surface area contributed by atoms with E-state index >= 15 is 0 Å². The minimum atomic E-state index is -4.62. The SMILES string of the molecule is CC.CCCCCCCC(=O)NC(COP(=O)(O)O)c1ccc2ccccc2c1. The minimum Gasteiger partial charge on any atom is -0.347 e. The summed E-state index contributed by atoms with van der Waals surface area (Å²) in [6.45, 7) is 5.85. The number of unbranched alkanes of at least 4 members (excludes halogenated alkanes) is 4. The molecule has 0 aliphatic heterocycles. The van der Waals surface area contributed by atoms with E-state index in [9.17, 15) is 9.36 Å². The number of hydrogen-bond acceptors (Lipinski definition) is 3. The van der Waals surface area contributed by atoms with E-state index in [0.29, 0.717) is 6.42 Å². The molecule has 0 spiro atoms. The molecule has 0 aliphatic rings. The van der Waals surface area contributed by atoms with Gasteiger partial charge in [0, 0.05) is 6.42 Å². The number of phosphoric acid groups is 1. The Balaban J connectivity index is 0.00000204. The maximum Gasteiger partial charge on any atom is 0.469 e. The van der Waals surface area contributed by atoms with Gasteiger partial charge in [-0.25, -0.2) is 4.57 Å². The molecule has 0 bridgehead atoms. The van der Waals surface area contributed by atoms with Gasteiger partial charge in [-0.05, 0) is 28.8 Å². The Bertz CT molecular complexity index is 790. The third-order valence-electron chi connectivity index (χ3n) is 4.43. The predicted molar refractivity (Wildman–Crippen MR) is 118 cm³/mol. The van der Waals surface area contributed by atoms with Crippen molar-refractivity contribution in [1.82, 2.24) is 5.32 Å². The van der Waals surface area contributed by atoms with Crippen molar-refractivity contribution in [1.29, 1.82) is 0 Å². The quantitative estimate of drug-likeness (QED) is 0.328. The Morgan fingerprint density at radius 3 is 2.34 bits per heavy atom. The molecular weight excluding hydrogens is 389 g/mol. The second-order valence-corrected chi connectivity index (χ2v) is 7.92. The molecule has 7 heteroatoms. The summed E-state index contributed by atoms with van der Waals surface area (Å²) >= 11 is 0. The standard InChI is InChI=1S/C20H28NO5P.C2H6/c1-2-3-4-5-6-11-20(22)21-19(15-26-27(23,24)25)18-13-12-16-9-7-8-10-17(16)14-18;1-2/h7-10,12-14,19H,2-6,11,15H2,1H3,(H,21,22)(H2,23,24,25);1-2H3. The van der Waals surface area contributed by atoms with E-state index < -0.39 is 13.9 Å². The van der Waals surface area contributed by atoms with Crippen LogP contribution >= 0.6 is 7.82 Å². The molecule has 0 heterocycles. The van der Waals surface area contributed by atoms with E-state index in [0.717, 1.165) is 48.4 Å². The minimum absolute atomic E-state index is 0.140. The molecule has 1 amide bonds. The van der Waals surface area contributed by atoms with Crippen molar-refractivity contribution >= 4 is 24.5 Å². The summed E-state index contributed by atoms with van der Waals surface area (Å²) in [5.41, 5.74) is 0.751. The molecular formula is C22H34NO5P. The number of rotatable bonds is 11. The van der Waals surface area contributed by atoms with Crippen molar-refractivity contribution in [3.05, 3.63) is 48.0 Å². The first-order valence-corrected chi connectivity index (χ1v) is 11.9. The number of phosphoric ester groups is 1. The Kier molecular flexibility index (Phi) is 11.8. The van der Waals surface area contributed by atoms with Crippen molar-refractivity contribution in [2.45, 2.75) is 65.3 Å². The molecule has 0 radical (unpaired) electrons. The van der Waals surface area contributed by atoms with Gasteiger partial charge in [-0.2, -0.15) is 0 Å². The summed E-state index contributed by atoms with van der Waals surface area (Å²) in [6, 6.07) is 12.8. The number of amides is 1. The van der Waals surface area contributed by atoms with Crippen LogP contribution in [0.2, 0.25) is 0 Å². The molecule has 1 atom stereocenters. The third-order valence-corrected chi connectivity index (χ3v) is 4.91. The lowest BCUT2D eigenvalue weighted by Gasteiger charge is -2.20. The van der Waals surface area contributed by atoms with E-state index in [4.69, 9.17) is 9.79 Å². The fourth-order valence-corrected chi connectivity index (χ4v) is 3.32. The van der Waals surface area contributed by atoms with E-state index in [1.165, 1.54) is 0 Å². The zero-order valence-electron chi connectivity index (χ0n) is 17.6. The Labute approximate surface area is 173 Å². The number of carbonyl (C=O) groups excluding carboxylic acids is 1. The van der Waals surface area contributed by atoms with Crippen molar-refractivity contribution in [3.63, 3.8) is 0 Å². The van der Waals surface area contributed by atoms with Crippen molar-refractivity contribution in [3.8, 4) is 0 Å². The number of benzene rings is 2. The van der Waals surface area contributed by atoms with Crippen molar-refractivity contribution < 1.29 is 23.7 Å². The van der Waals surface area contributed by atoms with Gasteiger partial charge in [0.1, 0.15) is 0 Å². The first-order valence-electron chi connectivity index (χ1n) is 10.4. The van der Waals surface area contributed by atoms with Crippen LogP contribution < -0.4 is 5.32 Å². The molecule has 162 valence electrons. The maximum absolute atomic E-state index is 12.3. The molecule has 0 saturated heterocycles. The molecule has 2 aromatic rings. The van der Waals surface area contributed by atoms with Gasteiger partial charge in [0.15, 0.2) is 0 Å². The van der Waals surface area contributed by atoms with Gasteiger partial charge in [-0.3, -0.25) is 9.32 Å². The van der Waals surface area contributed by atoms with Crippen LogP contribution in [0.5, 0.6) is 0 Å². The summed E-state index contributed by atoms with van der Waals surface area (Å²) < 4.78 is 15.8. The number of hydrogen-bond donors (Lipinski definition) is 3. The van der Waals surface area contributed by atoms with Crippen LogP contribution in [0.25, 0.3) is 10.8 Å². The van der Waals surface area contributed by atoms with Crippen LogP contribution in [0.3, 0.4) is 0 Å². The molecule has 29 heavy (non-hydrogen) atoms. The number of carbonyl (C=O) groups is 1. The lowest BCUT2D eigenvalue weighted by molar-refractivity contribution is -0.122.